The highest BCUT2D eigenvalue weighted by Gasteiger charge is 2.40. The van der Waals surface area contributed by atoms with Gasteiger partial charge in [-0.25, -0.2) is 4.68 Å². The van der Waals surface area contributed by atoms with Gasteiger partial charge in [0.1, 0.15) is 5.82 Å². The molecule has 4 nitrogen and oxygen atoms in total. The zero-order valence-corrected chi connectivity index (χ0v) is 12.2. The van der Waals surface area contributed by atoms with Crippen LogP contribution in [0.2, 0.25) is 0 Å². The van der Waals surface area contributed by atoms with Crippen LogP contribution in [0.15, 0.2) is 30.3 Å². The van der Waals surface area contributed by atoms with Crippen molar-refractivity contribution < 1.29 is 4.79 Å². The molecular formula is C17H19N3O. The third-order valence-corrected chi connectivity index (χ3v) is 4.88. The molecule has 0 amide bonds. The van der Waals surface area contributed by atoms with Gasteiger partial charge in [0.15, 0.2) is 6.29 Å². The summed E-state index contributed by atoms with van der Waals surface area (Å²) < 4.78 is 1.94. The summed E-state index contributed by atoms with van der Waals surface area (Å²) in [4.78, 5) is 14.0. The molecule has 108 valence electrons. The van der Waals surface area contributed by atoms with Gasteiger partial charge in [-0.1, -0.05) is 18.2 Å². The van der Waals surface area contributed by atoms with Gasteiger partial charge in [0.25, 0.3) is 0 Å². The minimum absolute atomic E-state index is 0.576. The van der Waals surface area contributed by atoms with Crippen LogP contribution in [0.5, 0.6) is 0 Å². The Morgan fingerprint density at radius 2 is 2.05 bits per heavy atom. The van der Waals surface area contributed by atoms with Gasteiger partial charge in [0.05, 0.1) is 16.9 Å². The molecule has 2 aliphatic rings. The van der Waals surface area contributed by atoms with Gasteiger partial charge in [-0.3, -0.25) is 4.79 Å². The van der Waals surface area contributed by atoms with Crippen molar-refractivity contribution in [3.8, 4) is 5.69 Å². The predicted molar refractivity (Wildman–Crippen MR) is 82.2 cm³/mol. The minimum atomic E-state index is 0.576. The van der Waals surface area contributed by atoms with Gasteiger partial charge in [-0.05, 0) is 44.2 Å². The number of aromatic nitrogens is 2. The van der Waals surface area contributed by atoms with Gasteiger partial charge in [0.2, 0.25) is 0 Å². The van der Waals surface area contributed by atoms with Crippen LogP contribution >= 0.6 is 0 Å². The number of aldehydes is 1. The molecule has 2 fully saturated rings. The van der Waals surface area contributed by atoms with E-state index in [9.17, 15) is 4.79 Å². The van der Waals surface area contributed by atoms with Crippen LogP contribution in [0.4, 0.5) is 5.82 Å². The molecule has 2 bridgehead atoms. The number of para-hydroxylation sites is 1. The van der Waals surface area contributed by atoms with E-state index in [1.807, 2.05) is 41.9 Å². The maximum absolute atomic E-state index is 11.6. The van der Waals surface area contributed by atoms with Crippen LogP contribution in [-0.4, -0.2) is 28.7 Å². The lowest BCUT2D eigenvalue weighted by atomic mass is 10.1. The number of carbonyl (C=O) groups is 1. The number of benzene rings is 1. The third-order valence-electron chi connectivity index (χ3n) is 4.88. The second-order valence-corrected chi connectivity index (χ2v) is 6.17. The van der Waals surface area contributed by atoms with E-state index in [0.717, 1.165) is 41.5 Å². The summed E-state index contributed by atoms with van der Waals surface area (Å²) in [6.07, 6.45) is 4.79. The maximum atomic E-state index is 11.6. The highest BCUT2D eigenvalue weighted by Crippen LogP contribution is 2.42. The minimum Gasteiger partial charge on any atom is -0.353 e. The van der Waals surface area contributed by atoms with Gasteiger partial charge in [-0.15, -0.1) is 0 Å². The van der Waals surface area contributed by atoms with Crippen molar-refractivity contribution in [3.63, 3.8) is 0 Å². The molecule has 0 N–H and O–H groups in total. The summed E-state index contributed by atoms with van der Waals surface area (Å²) in [5.41, 5.74) is 2.57. The van der Waals surface area contributed by atoms with Crippen LogP contribution < -0.4 is 4.90 Å². The summed E-state index contributed by atoms with van der Waals surface area (Å²) in [5, 5.41) is 4.62. The lowest BCUT2D eigenvalue weighted by Crippen LogP contribution is -2.34. The van der Waals surface area contributed by atoms with Crippen LogP contribution in [0, 0.1) is 12.8 Å². The zero-order chi connectivity index (χ0) is 14.4. The standard InChI is InChI=1S/C17H19N3O/c1-12-16(11-21)17(19-10-13-7-8-15(19)9-13)20(18-12)14-5-3-2-4-6-14/h2-6,11,13,15H,7-10H2,1H3. The quantitative estimate of drug-likeness (QED) is 0.812. The normalized spacial score (nSPS) is 23.8. The first-order valence-electron chi connectivity index (χ1n) is 7.65. The van der Waals surface area contributed by atoms with Crippen LogP contribution in [0.1, 0.15) is 35.3 Å². The second-order valence-electron chi connectivity index (χ2n) is 6.17. The molecule has 4 heteroatoms. The number of hydrogen-bond donors (Lipinski definition) is 0. The smallest absolute Gasteiger partial charge is 0.155 e. The van der Waals surface area contributed by atoms with Crippen molar-refractivity contribution in [2.45, 2.75) is 32.2 Å². The van der Waals surface area contributed by atoms with E-state index in [1.165, 1.54) is 19.3 Å². The Morgan fingerprint density at radius 1 is 1.24 bits per heavy atom. The van der Waals surface area contributed by atoms with Crippen molar-refractivity contribution >= 4 is 12.1 Å². The fourth-order valence-electron chi connectivity index (χ4n) is 3.87. The molecule has 1 saturated carbocycles. The Morgan fingerprint density at radius 3 is 2.67 bits per heavy atom. The molecule has 21 heavy (non-hydrogen) atoms. The van der Waals surface area contributed by atoms with Crippen molar-refractivity contribution in [2.24, 2.45) is 5.92 Å². The van der Waals surface area contributed by atoms with Crippen molar-refractivity contribution in [1.82, 2.24) is 9.78 Å². The van der Waals surface area contributed by atoms with E-state index < -0.39 is 0 Å². The third kappa shape index (κ3) is 1.89. The fraction of sp³-hybridized carbons (Fsp3) is 0.412. The number of piperidine rings is 1. The van der Waals surface area contributed by atoms with E-state index in [-0.39, 0.29) is 0 Å². The summed E-state index contributed by atoms with van der Waals surface area (Å²) in [6, 6.07) is 10.7. The first-order chi connectivity index (χ1) is 10.3. The van der Waals surface area contributed by atoms with Crippen LogP contribution in [0.25, 0.3) is 5.69 Å². The largest absolute Gasteiger partial charge is 0.353 e. The van der Waals surface area contributed by atoms with Crippen LogP contribution in [0.3, 0.4) is 0 Å². The van der Waals surface area contributed by atoms with E-state index in [4.69, 9.17) is 0 Å². The van der Waals surface area contributed by atoms with E-state index in [2.05, 4.69) is 10.00 Å². The van der Waals surface area contributed by atoms with Crippen molar-refractivity contribution in [3.05, 3.63) is 41.6 Å². The molecule has 2 heterocycles. The number of rotatable bonds is 3. The molecule has 0 spiro atoms. The molecule has 2 aromatic rings. The number of carbonyl (C=O) groups excluding carboxylic acids is 1. The number of hydrogen-bond acceptors (Lipinski definition) is 3. The van der Waals surface area contributed by atoms with Gasteiger partial charge < -0.3 is 4.90 Å². The lowest BCUT2D eigenvalue weighted by Gasteiger charge is -2.29. The van der Waals surface area contributed by atoms with Gasteiger partial charge in [0, 0.05) is 12.6 Å². The Hall–Kier alpha value is -2.10. The molecule has 0 radical (unpaired) electrons. The number of fused-ring (bicyclic) bond motifs is 2. The Kier molecular flexibility index (Phi) is 2.84. The molecule has 1 aliphatic heterocycles. The predicted octanol–water partition coefficient (Wildman–Crippen LogP) is 2.98. The first kappa shape index (κ1) is 12.6. The average Bonchev–Trinajstić information content (AvgIpc) is 3.21. The van der Waals surface area contributed by atoms with Crippen LogP contribution in [-0.2, 0) is 0 Å². The Bertz CT molecular complexity index is 677. The number of aryl methyl sites for hydroxylation is 1. The second kappa shape index (κ2) is 4.72. The molecule has 1 aliphatic carbocycles. The SMILES string of the molecule is Cc1nn(-c2ccccc2)c(N2CC3CCC2C3)c1C=O. The van der Waals surface area contributed by atoms with Gasteiger partial charge >= 0.3 is 0 Å². The summed E-state index contributed by atoms with van der Waals surface area (Å²) in [7, 11) is 0. The van der Waals surface area contributed by atoms with E-state index in [0.29, 0.717) is 6.04 Å². The summed E-state index contributed by atoms with van der Waals surface area (Å²) >= 11 is 0. The van der Waals surface area contributed by atoms with Gasteiger partial charge in [-0.2, -0.15) is 5.10 Å². The number of anilines is 1. The summed E-state index contributed by atoms with van der Waals surface area (Å²) in [5.74, 6) is 1.77. The molecule has 4 rings (SSSR count). The highest BCUT2D eigenvalue weighted by atomic mass is 16.1. The molecule has 1 saturated heterocycles. The summed E-state index contributed by atoms with van der Waals surface area (Å²) in [6.45, 7) is 2.98. The molecule has 1 aromatic heterocycles. The maximum Gasteiger partial charge on any atom is 0.155 e. The average molecular weight is 281 g/mol. The van der Waals surface area contributed by atoms with E-state index in [1.54, 1.807) is 0 Å². The topological polar surface area (TPSA) is 38.1 Å². The zero-order valence-electron chi connectivity index (χ0n) is 12.2. The van der Waals surface area contributed by atoms with Crippen molar-refractivity contribution in [1.29, 1.82) is 0 Å². The van der Waals surface area contributed by atoms with Crippen molar-refractivity contribution in [2.75, 3.05) is 11.4 Å². The Labute approximate surface area is 124 Å². The fourth-order valence-corrected chi connectivity index (χ4v) is 3.87. The number of nitrogens with zero attached hydrogens (tertiary/aromatic N) is 3. The molecule has 2 unspecified atom stereocenters. The molecular weight excluding hydrogens is 262 g/mol. The first-order valence-corrected chi connectivity index (χ1v) is 7.65. The van der Waals surface area contributed by atoms with E-state index >= 15 is 0 Å². The monoisotopic (exact) mass is 281 g/mol. The highest BCUT2D eigenvalue weighted by molar-refractivity contribution is 5.85. The molecule has 1 aromatic carbocycles. The molecule has 2 atom stereocenters. The lowest BCUT2D eigenvalue weighted by molar-refractivity contribution is 0.112. The Balaban J connectivity index is 1.86.